The van der Waals surface area contributed by atoms with Crippen LogP contribution in [0.25, 0.3) is 0 Å². The number of carbonyl (C=O) groups is 2. The molecule has 126 valence electrons. The van der Waals surface area contributed by atoms with Crippen molar-refractivity contribution in [2.24, 2.45) is 0 Å². The van der Waals surface area contributed by atoms with Gasteiger partial charge in [0.05, 0.1) is 13.1 Å². The number of rotatable bonds is 5. The van der Waals surface area contributed by atoms with Crippen molar-refractivity contribution in [2.75, 3.05) is 5.75 Å². The average molecular weight is 346 g/mol. The van der Waals surface area contributed by atoms with E-state index in [-0.39, 0.29) is 25.4 Å². The van der Waals surface area contributed by atoms with Crippen molar-refractivity contribution in [3.8, 4) is 0 Å². The van der Waals surface area contributed by atoms with Crippen LogP contribution in [0, 0.1) is 6.92 Å². The number of fused-ring (bicyclic) bond motifs is 1. The molecule has 2 aromatic rings. The van der Waals surface area contributed by atoms with Crippen molar-refractivity contribution >= 4 is 23.6 Å². The highest BCUT2D eigenvalue weighted by Crippen LogP contribution is 2.22. The molecule has 1 aliphatic rings. The van der Waals surface area contributed by atoms with Crippen LogP contribution in [-0.4, -0.2) is 48.4 Å². The van der Waals surface area contributed by atoms with Gasteiger partial charge in [-0.05, 0) is 19.1 Å². The largest absolute Gasteiger partial charge is 0.480 e. The highest BCUT2D eigenvalue weighted by atomic mass is 32.2. The smallest absolute Gasteiger partial charge is 0.328 e. The molecular weight excluding hydrogens is 328 g/mol. The fraction of sp³-hybridized carbons (Fsp3) is 0.375. The summed E-state index contributed by atoms with van der Waals surface area (Å²) in [5.74, 6) is 0.741. The Morgan fingerprint density at radius 1 is 1.29 bits per heavy atom. The van der Waals surface area contributed by atoms with Gasteiger partial charge in [-0.2, -0.15) is 0 Å². The van der Waals surface area contributed by atoms with Gasteiger partial charge < -0.3 is 14.6 Å². The standard InChI is InChI=1S/C16H18N4O3S/c1-11-17-18-14-10-20(13(16(22)23)9-19(11)14)15(21)7-8-24-12-5-3-2-4-6-12/h2-6,13H,7-10H2,1H3,(H,22,23). The zero-order valence-corrected chi connectivity index (χ0v) is 14.1. The molecule has 0 bridgehead atoms. The van der Waals surface area contributed by atoms with Crippen molar-refractivity contribution in [3.05, 3.63) is 42.0 Å². The van der Waals surface area contributed by atoms with E-state index in [1.807, 2.05) is 30.3 Å². The van der Waals surface area contributed by atoms with E-state index in [1.54, 1.807) is 23.3 Å². The summed E-state index contributed by atoms with van der Waals surface area (Å²) in [5.41, 5.74) is 0. The summed E-state index contributed by atoms with van der Waals surface area (Å²) in [6.07, 6.45) is 0.288. The molecule has 0 saturated heterocycles. The summed E-state index contributed by atoms with van der Waals surface area (Å²) in [5, 5.41) is 17.5. The molecule has 0 spiro atoms. The molecule has 1 aromatic heterocycles. The Hall–Kier alpha value is -2.35. The first-order chi connectivity index (χ1) is 11.6. The van der Waals surface area contributed by atoms with Gasteiger partial charge in [-0.15, -0.1) is 22.0 Å². The predicted octanol–water partition coefficient (Wildman–Crippen LogP) is 1.56. The second-order valence-electron chi connectivity index (χ2n) is 5.56. The Labute approximate surface area is 143 Å². The predicted molar refractivity (Wildman–Crippen MR) is 88.5 cm³/mol. The zero-order chi connectivity index (χ0) is 17.1. The minimum atomic E-state index is -1.00. The highest BCUT2D eigenvalue weighted by molar-refractivity contribution is 7.99. The first-order valence-electron chi connectivity index (χ1n) is 7.65. The summed E-state index contributed by atoms with van der Waals surface area (Å²) in [7, 11) is 0. The summed E-state index contributed by atoms with van der Waals surface area (Å²) < 4.78 is 1.77. The van der Waals surface area contributed by atoms with Crippen LogP contribution in [0.1, 0.15) is 18.1 Å². The minimum Gasteiger partial charge on any atom is -0.480 e. The Balaban J connectivity index is 1.65. The van der Waals surface area contributed by atoms with E-state index in [0.717, 1.165) is 4.90 Å². The fourth-order valence-electron chi connectivity index (χ4n) is 2.70. The Bertz CT molecular complexity index is 747. The molecule has 1 atom stereocenters. The molecule has 1 N–H and O–H groups in total. The first-order valence-corrected chi connectivity index (χ1v) is 8.63. The second-order valence-corrected chi connectivity index (χ2v) is 6.73. The minimum absolute atomic E-state index is 0.169. The first kappa shape index (κ1) is 16.5. The van der Waals surface area contributed by atoms with Crippen LogP contribution in [0.15, 0.2) is 35.2 Å². The quantitative estimate of drug-likeness (QED) is 0.827. The van der Waals surface area contributed by atoms with Gasteiger partial charge in [0.1, 0.15) is 11.9 Å². The topological polar surface area (TPSA) is 88.3 Å². The van der Waals surface area contributed by atoms with Gasteiger partial charge >= 0.3 is 5.97 Å². The highest BCUT2D eigenvalue weighted by Gasteiger charge is 2.35. The molecule has 0 radical (unpaired) electrons. The Morgan fingerprint density at radius 3 is 2.75 bits per heavy atom. The van der Waals surface area contributed by atoms with E-state index in [2.05, 4.69) is 10.2 Å². The van der Waals surface area contributed by atoms with Crippen molar-refractivity contribution < 1.29 is 14.7 Å². The lowest BCUT2D eigenvalue weighted by Crippen LogP contribution is -2.50. The number of carbonyl (C=O) groups excluding carboxylic acids is 1. The molecule has 7 nitrogen and oxygen atoms in total. The van der Waals surface area contributed by atoms with Crippen molar-refractivity contribution in [2.45, 2.75) is 37.4 Å². The molecule has 3 rings (SSSR count). The third-order valence-electron chi connectivity index (χ3n) is 3.99. The molecule has 2 heterocycles. The van der Waals surface area contributed by atoms with Crippen LogP contribution in [-0.2, 0) is 22.7 Å². The number of aryl methyl sites for hydroxylation is 1. The lowest BCUT2D eigenvalue weighted by Gasteiger charge is -2.33. The normalized spacial score (nSPS) is 16.7. The Morgan fingerprint density at radius 2 is 2.04 bits per heavy atom. The monoisotopic (exact) mass is 346 g/mol. The number of nitrogens with zero attached hydrogens (tertiary/aromatic N) is 4. The van der Waals surface area contributed by atoms with E-state index >= 15 is 0 Å². The van der Waals surface area contributed by atoms with Crippen molar-refractivity contribution in [3.63, 3.8) is 0 Å². The summed E-state index contributed by atoms with van der Waals surface area (Å²) in [6, 6.07) is 8.94. The van der Waals surface area contributed by atoms with Crippen molar-refractivity contribution in [1.82, 2.24) is 19.7 Å². The molecule has 0 aliphatic carbocycles. The van der Waals surface area contributed by atoms with E-state index < -0.39 is 12.0 Å². The van der Waals surface area contributed by atoms with Gasteiger partial charge in [0, 0.05) is 17.1 Å². The second kappa shape index (κ2) is 7.04. The number of carboxylic acid groups (broad SMARTS) is 1. The van der Waals surface area contributed by atoms with Gasteiger partial charge in [-0.25, -0.2) is 4.79 Å². The molecule has 1 unspecified atom stereocenters. The van der Waals surface area contributed by atoms with Crippen LogP contribution in [0.2, 0.25) is 0 Å². The van der Waals surface area contributed by atoms with E-state index in [4.69, 9.17) is 0 Å². The van der Waals surface area contributed by atoms with Crippen molar-refractivity contribution in [1.29, 1.82) is 0 Å². The number of carboxylic acids is 1. The number of thioether (sulfide) groups is 1. The number of hydrogen-bond acceptors (Lipinski definition) is 5. The van der Waals surface area contributed by atoms with Gasteiger partial charge in [0.2, 0.25) is 5.91 Å². The van der Waals surface area contributed by atoms with E-state index in [0.29, 0.717) is 17.4 Å². The molecule has 8 heteroatoms. The fourth-order valence-corrected chi connectivity index (χ4v) is 3.57. The molecule has 1 amide bonds. The van der Waals surface area contributed by atoms with Gasteiger partial charge in [0.15, 0.2) is 5.82 Å². The lowest BCUT2D eigenvalue weighted by molar-refractivity contribution is -0.152. The number of aromatic nitrogens is 3. The Kier molecular flexibility index (Phi) is 4.84. The summed E-state index contributed by atoms with van der Waals surface area (Å²) in [6.45, 7) is 2.16. The number of amides is 1. The van der Waals surface area contributed by atoms with Gasteiger partial charge in [0.25, 0.3) is 0 Å². The maximum absolute atomic E-state index is 12.5. The summed E-state index contributed by atoms with van der Waals surface area (Å²) in [4.78, 5) is 26.6. The molecule has 24 heavy (non-hydrogen) atoms. The maximum atomic E-state index is 12.5. The maximum Gasteiger partial charge on any atom is 0.328 e. The van der Waals surface area contributed by atoms with Crippen LogP contribution < -0.4 is 0 Å². The van der Waals surface area contributed by atoms with E-state index in [9.17, 15) is 14.7 Å². The average Bonchev–Trinajstić information content (AvgIpc) is 2.95. The van der Waals surface area contributed by atoms with Crippen LogP contribution in [0.4, 0.5) is 0 Å². The number of hydrogen-bond donors (Lipinski definition) is 1. The SMILES string of the molecule is Cc1nnc2n1CC(C(=O)O)N(C(=O)CCSc1ccccc1)C2. The molecule has 1 aliphatic heterocycles. The molecule has 0 fully saturated rings. The van der Waals surface area contributed by atoms with Crippen LogP contribution >= 0.6 is 11.8 Å². The van der Waals surface area contributed by atoms with E-state index in [1.165, 1.54) is 4.90 Å². The summed E-state index contributed by atoms with van der Waals surface area (Å²) >= 11 is 1.58. The molecule has 1 aromatic carbocycles. The molecular formula is C16H18N4O3S. The zero-order valence-electron chi connectivity index (χ0n) is 13.3. The third kappa shape index (κ3) is 3.43. The van der Waals surface area contributed by atoms with Crippen LogP contribution in [0.3, 0.4) is 0 Å². The number of benzene rings is 1. The number of aliphatic carboxylic acids is 1. The molecule has 0 saturated carbocycles. The third-order valence-corrected chi connectivity index (χ3v) is 5.00. The van der Waals surface area contributed by atoms with Gasteiger partial charge in [-0.1, -0.05) is 18.2 Å². The van der Waals surface area contributed by atoms with Crippen LogP contribution in [0.5, 0.6) is 0 Å². The lowest BCUT2D eigenvalue weighted by atomic mass is 10.1. The van der Waals surface area contributed by atoms with Gasteiger partial charge in [-0.3, -0.25) is 4.79 Å².